The lowest BCUT2D eigenvalue weighted by Crippen LogP contribution is -2.21. The summed E-state index contributed by atoms with van der Waals surface area (Å²) in [5.74, 6) is 0. The largest absolute Gasteiger partial charge is 0.391 e. The van der Waals surface area contributed by atoms with Crippen LogP contribution >= 0.6 is 0 Å². The number of allylic oxidation sites excluding steroid dienone is 2. The van der Waals surface area contributed by atoms with Gasteiger partial charge in [-0.3, -0.25) is 0 Å². The Hall–Kier alpha value is -0.640. The van der Waals surface area contributed by atoms with Crippen molar-refractivity contribution in [2.24, 2.45) is 0 Å². The van der Waals surface area contributed by atoms with Crippen molar-refractivity contribution in [1.29, 1.82) is 0 Å². The van der Waals surface area contributed by atoms with Crippen molar-refractivity contribution in [3.05, 3.63) is 24.8 Å². The van der Waals surface area contributed by atoms with Crippen LogP contribution in [0.1, 0.15) is 32.6 Å². The summed E-state index contributed by atoms with van der Waals surface area (Å²) in [6.07, 6.45) is 6.51. The molecule has 0 aromatic heterocycles. The van der Waals surface area contributed by atoms with Crippen molar-refractivity contribution >= 4 is 0 Å². The number of hydrogen-bond acceptors (Lipinski definition) is 3. The minimum atomic E-state index is -0.666. The van der Waals surface area contributed by atoms with Gasteiger partial charge in [-0.25, -0.2) is 0 Å². The first-order valence-electron chi connectivity index (χ1n) is 5.39. The maximum absolute atomic E-state index is 9.27. The fourth-order valence-electron chi connectivity index (χ4n) is 1.13. The fraction of sp³-hybridized carbons (Fsp3) is 0.667. The Morgan fingerprint density at radius 1 is 1.07 bits per heavy atom. The molecule has 0 saturated carbocycles. The van der Waals surface area contributed by atoms with E-state index in [-0.39, 0.29) is 0 Å². The van der Waals surface area contributed by atoms with Gasteiger partial charge in [0.2, 0.25) is 0 Å². The summed E-state index contributed by atoms with van der Waals surface area (Å²) in [5.41, 5.74) is 0. The Morgan fingerprint density at radius 3 is 2.07 bits per heavy atom. The van der Waals surface area contributed by atoms with Gasteiger partial charge in [0.15, 0.2) is 0 Å². The first kappa shape index (κ1) is 14.4. The highest BCUT2D eigenvalue weighted by atomic mass is 16.3. The van der Waals surface area contributed by atoms with E-state index in [1.54, 1.807) is 6.92 Å². The van der Waals surface area contributed by atoms with Crippen LogP contribution < -0.4 is 0 Å². The Balaban J connectivity index is 3.43. The minimum absolute atomic E-state index is 0.433. The van der Waals surface area contributed by atoms with Crippen molar-refractivity contribution < 1.29 is 15.3 Å². The fourth-order valence-corrected chi connectivity index (χ4v) is 1.13. The molecule has 3 unspecified atom stereocenters. The number of hydrogen-bond donors (Lipinski definition) is 3. The summed E-state index contributed by atoms with van der Waals surface area (Å²) in [6, 6.07) is 0. The lowest BCUT2D eigenvalue weighted by Gasteiger charge is -2.11. The van der Waals surface area contributed by atoms with Crippen molar-refractivity contribution in [2.75, 3.05) is 0 Å². The van der Waals surface area contributed by atoms with Crippen molar-refractivity contribution in [2.45, 2.75) is 50.9 Å². The van der Waals surface area contributed by atoms with Gasteiger partial charge >= 0.3 is 0 Å². The smallest absolute Gasteiger partial charge is 0.0799 e. The first-order valence-corrected chi connectivity index (χ1v) is 5.39. The average Bonchev–Trinajstić information content (AvgIpc) is 2.22. The molecular weight excluding hydrogens is 192 g/mol. The molecule has 0 radical (unpaired) electrons. The molecule has 0 heterocycles. The third-order valence-corrected chi connectivity index (χ3v) is 2.25. The summed E-state index contributed by atoms with van der Waals surface area (Å²) in [6.45, 7) is 5.06. The minimum Gasteiger partial charge on any atom is -0.391 e. The zero-order valence-corrected chi connectivity index (χ0v) is 9.34. The van der Waals surface area contributed by atoms with Gasteiger partial charge in [-0.15, -0.1) is 6.58 Å². The van der Waals surface area contributed by atoms with Gasteiger partial charge in [0.05, 0.1) is 18.3 Å². The molecule has 0 rings (SSSR count). The van der Waals surface area contributed by atoms with Gasteiger partial charge in [-0.1, -0.05) is 18.2 Å². The SMILES string of the molecule is C=CC(O)CCC=CCCC(O)C(C)O. The van der Waals surface area contributed by atoms with E-state index >= 15 is 0 Å². The Bertz CT molecular complexity index is 187. The highest BCUT2D eigenvalue weighted by Gasteiger charge is 2.08. The van der Waals surface area contributed by atoms with Crippen LogP contribution in [-0.4, -0.2) is 33.6 Å². The predicted molar refractivity (Wildman–Crippen MR) is 61.5 cm³/mol. The molecule has 3 heteroatoms. The summed E-state index contributed by atoms with van der Waals surface area (Å²) in [4.78, 5) is 0. The van der Waals surface area contributed by atoms with Crippen LogP contribution in [0.15, 0.2) is 24.8 Å². The normalized spacial score (nSPS) is 17.6. The second kappa shape index (κ2) is 8.65. The van der Waals surface area contributed by atoms with Crippen molar-refractivity contribution in [3.63, 3.8) is 0 Å². The third kappa shape index (κ3) is 8.36. The molecule has 3 nitrogen and oxygen atoms in total. The Kier molecular flexibility index (Phi) is 8.28. The van der Waals surface area contributed by atoms with Crippen molar-refractivity contribution in [1.82, 2.24) is 0 Å². The number of aliphatic hydroxyl groups excluding tert-OH is 3. The molecular formula is C12H22O3. The van der Waals surface area contributed by atoms with E-state index in [1.165, 1.54) is 6.08 Å². The first-order chi connectivity index (χ1) is 7.07. The maximum atomic E-state index is 9.27. The summed E-state index contributed by atoms with van der Waals surface area (Å²) >= 11 is 0. The second-order valence-electron chi connectivity index (χ2n) is 3.74. The molecule has 0 spiro atoms. The highest BCUT2D eigenvalue weighted by molar-refractivity contribution is 4.86. The molecule has 3 atom stereocenters. The van der Waals surface area contributed by atoms with Gasteiger partial charge in [-0.05, 0) is 32.6 Å². The van der Waals surface area contributed by atoms with Gasteiger partial charge < -0.3 is 15.3 Å². The summed E-state index contributed by atoms with van der Waals surface area (Å²) < 4.78 is 0. The molecule has 0 aromatic carbocycles. The van der Waals surface area contributed by atoms with E-state index in [0.29, 0.717) is 12.8 Å². The summed E-state index contributed by atoms with van der Waals surface area (Å²) in [7, 11) is 0. The molecule has 0 bridgehead atoms. The maximum Gasteiger partial charge on any atom is 0.0799 e. The molecule has 88 valence electrons. The number of rotatable bonds is 8. The van der Waals surface area contributed by atoms with E-state index in [0.717, 1.165) is 12.8 Å². The molecule has 0 aliphatic heterocycles. The molecule has 3 N–H and O–H groups in total. The van der Waals surface area contributed by atoms with Crippen LogP contribution in [-0.2, 0) is 0 Å². The Morgan fingerprint density at radius 2 is 1.60 bits per heavy atom. The van der Waals surface area contributed by atoms with Gasteiger partial charge in [0, 0.05) is 0 Å². The van der Waals surface area contributed by atoms with Crippen LogP contribution in [0, 0.1) is 0 Å². The zero-order chi connectivity index (χ0) is 11.7. The topological polar surface area (TPSA) is 60.7 Å². The number of aliphatic hydroxyl groups is 3. The highest BCUT2D eigenvalue weighted by Crippen LogP contribution is 2.04. The van der Waals surface area contributed by atoms with E-state index in [1.807, 2.05) is 12.2 Å². The average molecular weight is 214 g/mol. The van der Waals surface area contributed by atoms with Gasteiger partial charge in [-0.2, -0.15) is 0 Å². The second-order valence-corrected chi connectivity index (χ2v) is 3.74. The third-order valence-electron chi connectivity index (χ3n) is 2.25. The molecule has 0 aliphatic carbocycles. The quantitative estimate of drug-likeness (QED) is 0.535. The monoisotopic (exact) mass is 214 g/mol. The predicted octanol–water partition coefficient (Wildman–Crippen LogP) is 1.39. The van der Waals surface area contributed by atoms with Crippen LogP contribution in [0.25, 0.3) is 0 Å². The van der Waals surface area contributed by atoms with E-state index in [9.17, 15) is 5.11 Å². The van der Waals surface area contributed by atoms with E-state index in [2.05, 4.69) is 6.58 Å². The molecule has 0 amide bonds. The van der Waals surface area contributed by atoms with Crippen molar-refractivity contribution in [3.8, 4) is 0 Å². The zero-order valence-electron chi connectivity index (χ0n) is 9.34. The van der Waals surface area contributed by atoms with Gasteiger partial charge in [0.25, 0.3) is 0 Å². The molecule has 0 aliphatic rings. The van der Waals surface area contributed by atoms with Crippen LogP contribution in [0.4, 0.5) is 0 Å². The molecule has 0 aromatic rings. The lowest BCUT2D eigenvalue weighted by atomic mass is 10.1. The molecule has 0 saturated heterocycles. The molecule has 15 heavy (non-hydrogen) atoms. The molecule has 0 fully saturated rings. The van der Waals surface area contributed by atoms with E-state index < -0.39 is 18.3 Å². The van der Waals surface area contributed by atoms with Crippen LogP contribution in [0.3, 0.4) is 0 Å². The van der Waals surface area contributed by atoms with Crippen LogP contribution in [0.5, 0.6) is 0 Å². The van der Waals surface area contributed by atoms with Gasteiger partial charge in [0.1, 0.15) is 0 Å². The van der Waals surface area contributed by atoms with E-state index in [4.69, 9.17) is 10.2 Å². The standard InChI is InChI=1S/C12H22O3/c1-3-11(14)8-6-4-5-7-9-12(15)10(2)13/h3-5,10-15H,1,6-9H2,2H3. The van der Waals surface area contributed by atoms with Crippen LogP contribution in [0.2, 0.25) is 0 Å². The lowest BCUT2D eigenvalue weighted by molar-refractivity contribution is 0.0269. The Labute approximate surface area is 91.8 Å². The summed E-state index contributed by atoms with van der Waals surface area (Å²) in [5, 5.41) is 27.4.